The summed E-state index contributed by atoms with van der Waals surface area (Å²) in [5, 5.41) is 7.95. The number of hydrogen-bond acceptors (Lipinski definition) is 3. The first-order chi connectivity index (χ1) is 8.83. The van der Waals surface area contributed by atoms with Crippen molar-refractivity contribution in [2.75, 3.05) is 5.73 Å². The number of para-hydroxylation sites is 1. The van der Waals surface area contributed by atoms with E-state index in [1.807, 2.05) is 6.07 Å². The Balaban J connectivity index is 1.66. The molecule has 1 aromatic carbocycles. The lowest BCUT2D eigenvalue weighted by Crippen LogP contribution is -1.92. The molecule has 0 aliphatic carbocycles. The molecule has 0 unspecified atom stereocenters. The van der Waals surface area contributed by atoms with Gasteiger partial charge in [0, 0.05) is 23.5 Å². The minimum absolute atomic E-state index is 0.317. The molecule has 5 nitrogen and oxygen atoms in total. The molecule has 0 fully saturated rings. The topological polar surface area (TPSA) is 83.4 Å². The van der Waals surface area contributed by atoms with E-state index in [-0.39, 0.29) is 0 Å². The van der Waals surface area contributed by atoms with Crippen molar-refractivity contribution < 1.29 is 0 Å². The number of fused-ring (bicyclic) bond motifs is 1. The number of rotatable bonds is 4. The highest BCUT2D eigenvalue weighted by Crippen LogP contribution is 2.19. The van der Waals surface area contributed by atoms with Gasteiger partial charge in [-0.1, -0.05) is 18.2 Å². The van der Waals surface area contributed by atoms with Gasteiger partial charge in [0.15, 0.2) is 0 Å². The van der Waals surface area contributed by atoms with Crippen LogP contribution in [0.3, 0.4) is 0 Å². The van der Waals surface area contributed by atoms with Crippen LogP contribution in [0.15, 0.2) is 30.5 Å². The number of benzene rings is 1. The molecule has 2 heterocycles. The molecule has 0 amide bonds. The lowest BCUT2D eigenvalue weighted by atomic mass is 10.1. The fraction of sp³-hybridized carbons (Fsp3) is 0.231. The molecule has 3 rings (SSSR count). The maximum atomic E-state index is 5.46. The predicted octanol–water partition coefficient (Wildman–Crippen LogP) is 2.04. The Bertz CT molecular complexity index is 652. The Kier molecular flexibility index (Phi) is 2.72. The maximum Gasteiger partial charge on any atom is 0.239 e. The highest BCUT2D eigenvalue weighted by molar-refractivity contribution is 5.82. The van der Waals surface area contributed by atoms with E-state index >= 15 is 0 Å². The molecule has 4 N–H and O–H groups in total. The second-order valence-corrected chi connectivity index (χ2v) is 4.35. The van der Waals surface area contributed by atoms with Gasteiger partial charge in [-0.2, -0.15) is 4.98 Å². The molecule has 3 aromatic rings. The van der Waals surface area contributed by atoms with Gasteiger partial charge < -0.3 is 10.7 Å². The van der Waals surface area contributed by atoms with Gasteiger partial charge in [-0.15, -0.1) is 5.10 Å². The summed E-state index contributed by atoms with van der Waals surface area (Å²) in [6.07, 6.45) is 4.99. The standard InChI is InChI=1S/C13H15N5/c14-13-16-12(17-18-13)7-3-4-9-8-15-11-6-2-1-5-10(9)11/h1-2,5-6,8,15H,3-4,7H2,(H3,14,16,17,18). The van der Waals surface area contributed by atoms with Crippen molar-refractivity contribution in [3.05, 3.63) is 41.9 Å². The Morgan fingerprint density at radius 2 is 2.06 bits per heavy atom. The maximum absolute atomic E-state index is 5.46. The van der Waals surface area contributed by atoms with Crippen molar-refractivity contribution in [2.45, 2.75) is 19.3 Å². The number of aromatic amines is 2. The van der Waals surface area contributed by atoms with Gasteiger partial charge in [0.25, 0.3) is 0 Å². The van der Waals surface area contributed by atoms with Crippen molar-refractivity contribution in [1.29, 1.82) is 0 Å². The monoisotopic (exact) mass is 241 g/mol. The fourth-order valence-electron chi connectivity index (χ4n) is 2.21. The summed E-state index contributed by atoms with van der Waals surface area (Å²) in [5.41, 5.74) is 8.00. The summed E-state index contributed by atoms with van der Waals surface area (Å²) in [4.78, 5) is 7.38. The van der Waals surface area contributed by atoms with Gasteiger partial charge in [-0.3, -0.25) is 5.10 Å². The molecule has 0 atom stereocenters. The molecule has 0 spiro atoms. The smallest absolute Gasteiger partial charge is 0.239 e. The zero-order chi connectivity index (χ0) is 12.4. The molecule has 92 valence electrons. The number of nitrogens with one attached hydrogen (secondary N) is 2. The van der Waals surface area contributed by atoms with Gasteiger partial charge in [0.2, 0.25) is 5.95 Å². The van der Waals surface area contributed by atoms with Crippen molar-refractivity contribution in [3.8, 4) is 0 Å². The number of nitrogen functional groups attached to an aromatic ring is 1. The SMILES string of the molecule is Nc1n[nH]c(CCCc2c[nH]c3ccccc23)n1. The molecular weight excluding hydrogens is 226 g/mol. The fourth-order valence-corrected chi connectivity index (χ4v) is 2.21. The van der Waals surface area contributed by atoms with Gasteiger partial charge in [0.05, 0.1) is 0 Å². The van der Waals surface area contributed by atoms with E-state index in [0.717, 1.165) is 25.1 Å². The van der Waals surface area contributed by atoms with Crippen LogP contribution in [0.4, 0.5) is 5.95 Å². The molecule has 0 bridgehead atoms. The number of aryl methyl sites for hydroxylation is 2. The summed E-state index contributed by atoms with van der Waals surface area (Å²) in [5.74, 6) is 1.17. The summed E-state index contributed by atoms with van der Waals surface area (Å²) >= 11 is 0. The number of aromatic nitrogens is 4. The second-order valence-electron chi connectivity index (χ2n) is 4.35. The van der Waals surface area contributed by atoms with Crippen molar-refractivity contribution in [2.24, 2.45) is 0 Å². The number of hydrogen-bond donors (Lipinski definition) is 3. The zero-order valence-corrected chi connectivity index (χ0v) is 9.98. The van der Waals surface area contributed by atoms with E-state index in [1.54, 1.807) is 0 Å². The van der Waals surface area contributed by atoms with Crippen LogP contribution in [0.5, 0.6) is 0 Å². The third-order valence-electron chi connectivity index (χ3n) is 3.08. The Morgan fingerprint density at radius 1 is 1.17 bits per heavy atom. The molecule has 0 saturated carbocycles. The quantitative estimate of drug-likeness (QED) is 0.653. The third-order valence-corrected chi connectivity index (χ3v) is 3.08. The number of H-pyrrole nitrogens is 2. The van der Waals surface area contributed by atoms with Crippen LogP contribution >= 0.6 is 0 Å². The van der Waals surface area contributed by atoms with Crippen LogP contribution in [0, 0.1) is 0 Å². The molecule has 0 radical (unpaired) electrons. The van der Waals surface area contributed by atoms with E-state index < -0.39 is 0 Å². The van der Waals surface area contributed by atoms with Gasteiger partial charge in [-0.05, 0) is 24.5 Å². The van der Waals surface area contributed by atoms with E-state index in [4.69, 9.17) is 5.73 Å². The Morgan fingerprint density at radius 3 is 2.89 bits per heavy atom. The number of nitrogens with two attached hydrogens (primary N) is 1. The zero-order valence-electron chi connectivity index (χ0n) is 9.98. The molecule has 2 aromatic heterocycles. The van der Waals surface area contributed by atoms with Crippen LogP contribution in [0.1, 0.15) is 17.8 Å². The average molecular weight is 241 g/mol. The van der Waals surface area contributed by atoms with Gasteiger partial charge in [0.1, 0.15) is 5.82 Å². The third kappa shape index (κ3) is 2.07. The van der Waals surface area contributed by atoms with Gasteiger partial charge >= 0.3 is 0 Å². The molecule has 5 heteroatoms. The van der Waals surface area contributed by atoms with Crippen LogP contribution < -0.4 is 5.73 Å². The number of nitrogens with zero attached hydrogens (tertiary/aromatic N) is 2. The highest BCUT2D eigenvalue weighted by atomic mass is 15.3. The van der Waals surface area contributed by atoms with E-state index in [1.165, 1.54) is 16.5 Å². The lowest BCUT2D eigenvalue weighted by molar-refractivity contribution is 0.778. The van der Waals surface area contributed by atoms with Crippen LogP contribution in [-0.2, 0) is 12.8 Å². The van der Waals surface area contributed by atoms with E-state index in [9.17, 15) is 0 Å². The molecular formula is C13H15N5. The van der Waals surface area contributed by atoms with Crippen LogP contribution in [-0.4, -0.2) is 20.2 Å². The molecule has 18 heavy (non-hydrogen) atoms. The summed E-state index contributed by atoms with van der Waals surface area (Å²) in [6, 6.07) is 8.35. The number of anilines is 1. The normalized spacial score (nSPS) is 11.1. The minimum Gasteiger partial charge on any atom is -0.367 e. The Hall–Kier alpha value is -2.30. The second kappa shape index (κ2) is 4.52. The first kappa shape index (κ1) is 10.8. The van der Waals surface area contributed by atoms with Crippen molar-refractivity contribution in [1.82, 2.24) is 20.2 Å². The summed E-state index contributed by atoms with van der Waals surface area (Å²) in [6.45, 7) is 0. The van der Waals surface area contributed by atoms with E-state index in [0.29, 0.717) is 5.95 Å². The lowest BCUT2D eigenvalue weighted by Gasteiger charge is -1.98. The summed E-state index contributed by atoms with van der Waals surface area (Å²) < 4.78 is 0. The first-order valence-electron chi connectivity index (χ1n) is 6.04. The average Bonchev–Trinajstić information content (AvgIpc) is 2.97. The molecule has 0 aliphatic heterocycles. The highest BCUT2D eigenvalue weighted by Gasteiger charge is 2.04. The minimum atomic E-state index is 0.317. The van der Waals surface area contributed by atoms with Crippen LogP contribution in [0.25, 0.3) is 10.9 Å². The van der Waals surface area contributed by atoms with Gasteiger partial charge in [-0.25, -0.2) is 0 Å². The largest absolute Gasteiger partial charge is 0.367 e. The van der Waals surface area contributed by atoms with Crippen molar-refractivity contribution >= 4 is 16.9 Å². The Labute approximate surface area is 104 Å². The predicted molar refractivity (Wildman–Crippen MR) is 71.1 cm³/mol. The van der Waals surface area contributed by atoms with Crippen LogP contribution in [0.2, 0.25) is 0 Å². The molecule has 0 saturated heterocycles. The first-order valence-corrected chi connectivity index (χ1v) is 6.04. The van der Waals surface area contributed by atoms with Crippen molar-refractivity contribution in [3.63, 3.8) is 0 Å². The van der Waals surface area contributed by atoms with E-state index in [2.05, 4.69) is 44.6 Å². The summed E-state index contributed by atoms with van der Waals surface area (Å²) in [7, 11) is 0. The molecule has 0 aliphatic rings.